The van der Waals surface area contributed by atoms with Crippen molar-refractivity contribution >= 4 is 17.5 Å². The minimum atomic E-state index is -0.0902. The molecule has 0 aromatic carbocycles. The van der Waals surface area contributed by atoms with Gasteiger partial charge in [-0.1, -0.05) is 11.6 Å². The molecule has 1 fully saturated rings. The van der Waals surface area contributed by atoms with E-state index in [1.54, 1.807) is 17.0 Å². The molecule has 0 aliphatic carbocycles. The van der Waals surface area contributed by atoms with Gasteiger partial charge in [-0.3, -0.25) is 4.79 Å². The molecule has 1 atom stereocenters. The third-order valence-electron chi connectivity index (χ3n) is 2.78. The van der Waals surface area contributed by atoms with Gasteiger partial charge < -0.3 is 10.0 Å². The first-order valence-electron chi connectivity index (χ1n) is 5.22. The van der Waals surface area contributed by atoms with E-state index in [9.17, 15) is 4.79 Å². The fraction of sp³-hybridized carbons (Fsp3) is 0.455. The standard InChI is InChI=1S/C11H13ClN2O2/c12-9-1-2-10(13-5-9)11(16)14-4-3-8(6-14)7-15/h1-2,5,8,15H,3-4,6-7H2. The molecular weight excluding hydrogens is 228 g/mol. The number of aliphatic hydroxyl groups excluding tert-OH is 1. The van der Waals surface area contributed by atoms with E-state index in [-0.39, 0.29) is 18.4 Å². The first-order valence-corrected chi connectivity index (χ1v) is 5.60. The number of nitrogens with zero attached hydrogens (tertiary/aromatic N) is 2. The van der Waals surface area contributed by atoms with E-state index in [0.717, 1.165) is 6.42 Å². The number of rotatable bonds is 2. The van der Waals surface area contributed by atoms with E-state index in [0.29, 0.717) is 23.8 Å². The van der Waals surface area contributed by atoms with Crippen molar-refractivity contribution in [3.05, 3.63) is 29.0 Å². The number of hydrogen-bond donors (Lipinski definition) is 1. The lowest BCUT2D eigenvalue weighted by Crippen LogP contribution is -2.29. The van der Waals surface area contributed by atoms with Crippen LogP contribution in [-0.4, -0.2) is 40.6 Å². The van der Waals surface area contributed by atoms with Crippen molar-refractivity contribution in [3.63, 3.8) is 0 Å². The zero-order valence-corrected chi connectivity index (χ0v) is 9.52. The monoisotopic (exact) mass is 240 g/mol. The number of carbonyl (C=O) groups excluding carboxylic acids is 1. The van der Waals surface area contributed by atoms with Gasteiger partial charge in [-0.05, 0) is 18.6 Å². The zero-order valence-electron chi connectivity index (χ0n) is 8.77. The van der Waals surface area contributed by atoms with Gasteiger partial charge in [0, 0.05) is 31.8 Å². The minimum Gasteiger partial charge on any atom is -0.396 e. The van der Waals surface area contributed by atoms with Crippen LogP contribution < -0.4 is 0 Å². The van der Waals surface area contributed by atoms with E-state index in [4.69, 9.17) is 16.7 Å². The molecule has 1 aliphatic rings. The largest absolute Gasteiger partial charge is 0.396 e. The number of pyridine rings is 1. The highest BCUT2D eigenvalue weighted by Gasteiger charge is 2.26. The molecule has 1 N–H and O–H groups in total. The molecule has 1 aromatic heterocycles. The number of halogens is 1. The van der Waals surface area contributed by atoms with Crippen LogP contribution in [0, 0.1) is 5.92 Å². The van der Waals surface area contributed by atoms with E-state index in [2.05, 4.69) is 4.98 Å². The lowest BCUT2D eigenvalue weighted by atomic mass is 10.1. The van der Waals surface area contributed by atoms with E-state index >= 15 is 0 Å². The van der Waals surface area contributed by atoms with Crippen molar-refractivity contribution in [3.8, 4) is 0 Å². The first-order chi connectivity index (χ1) is 7.70. The Morgan fingerprint density at radius 1 is 1.62 bits per heavy atom. The Morgan fingerprint density at radius 3 is 3.00 bits per heavy atom. The van der Waals surface area contributed by atoms with E-state index in [1.807, 2.05) is 0 Å². The Morgan fingerprint density at radius 2 is 2.44 bits per heavy atom. The van der Waals surface area contributed by atoms with Gasteiger partial charge in [0.2, 0.25) is 0 Å². The number of likely N-dealkylation sites (tertiary alicyclic amines) is 1. The SMILES string of the molecule is O=C(c1ccc(Cl)cn1)N1CCC(CO)C1. The van der Waals surface area contributed by atoms with Crippen molar-refractivity contribution in [1.29, 1.82) is 0 Å². The fourth-order valence-electron chi connectivity index (χ4n) is 1.83. The van der Waals surface area contributed by atoms with Gasteiger partial charge in [0.05, 0.1) is 5.02 Å². The van der Waals surface area contributed by atoms with Crippen LogP contribution in [0.5, 0.6) is 0 Å². The van der Waals surface area contributed by atoms with Crippen LogP contribution in [0.1, 0.15) is 16.9 Å². The lowest BCUT2D eigenvalue weighted by Gasteiger charge is -2.15. The summed E-state index contributed by atoms with van der Waals surface area (Å²) in [6, 6.07) is 3.28. The maximum atomic E-state index is 12.0. The molecule has 1 unspecified atom stereocenters. The van der Waals surface area contributed by atoms with Crippen molar-refractivity contribution in [1.82, 2.24) is 9.88 Å². The lowest BCUT2D eigenvalue weighted by molar-refractivity contribution is 0.0776. The Labute approximate surface area is 98.9 Å². The normalized spacial score (nSPS) is 20.1. The van der Waals surface area contributed by atoms with Crippen LogP contribution in [-0.2, 0) is 0 Å². The van der Waals surface area contributed by atoms with Crippen LogP contribution in [0.4, 0.5) is 0 Å². The molecule has 0 spiro atoms. The highest BCUT2D eigenvalue weighted by atomic mass is 35.5. The Bertz CT molecular complexity index is 380. The van der Waals surface area contributed by atoms with Gasteiger partial charge in [0.15, 0.2) is 0 Å². The van der Waals surface area contributed by atoms with Crippen molar-refractivity contribution in [2.75, 3.05) is 19.7 Å². The van der Waals surface area contributed by atoms with Crippen LogP contribution in [0.25, 0.3) is 0 Å². The minimum absolute atomic E-state index is 0.0902. The Kier molecular flexibility index (Phi) is 3.41. The summed E-state index contributed by atoms with van der Waals surface area (Å²) in [6.07, 6.45) is 2.32. The van der Waals surface area contributed by atoms with E-state index in [1.165, 1.54) is 6.20 Å². The highest BCUT2D eigenvalue weighted by Crippen LogP contribution is 2.17. The van der Waals surface area contributed by atoms with Gasteiger partial charge >= 0.3 is 0 Å². The quantitative estimate of drug-likeness (QED) is 0.845. The summed E-state index contributed by atoms with van der Waals surface area (Å²) < 4.78 is 0. The maximum Gasteiger partial charge on any atom is 0.272 e. The molecule has 1 aliphatic heterocycles. The van der Waals surface area contributed by atoms with Gasteiger partial charge in [-0.15, -0.1) is 0 Å². The molecule has 16 heavy (non-hydrogen) atoms. The molecule has 1 aromatic rings. The second kappa shape index (κ2) is 4.80. The maximum absolute atomic E-state index is 12.0. The molecule has 0 bridgehead atoms. The van der Waals surface area contributed by atoms with Crippen molar-refractivity contribution in [2.45, 2.75) is 6.42 Å². The number of amides is 1. The molecule has 0 radical (unpaired) electrons. The number of aliphatic hydroxyl groups is 1. The summed E-state index contributed by atoms with van der Waals surface area (Å²) in [5, 5.41) is 9.52. The van der Waals surface area contributed by atoms with Crippen LogP contribution in [0.3, 0.4) is 0 Å². The average Bonchev–Trinajstić information content (AvgIpc) is 2.77. The summed E-state index contributed by atoms with van der Waals surface area (Å²) in [5.74, 6) is 0.115. The zero-order chi connectivity index (χ0) is 11.5. The molecule has 86 valence electrons. The average molecular weight is 241 g/mol. The second-order valence-corrected chi connectivity index (χ2v) is 4.39. The second-order valence-electron chi connectivity index (χ2n) is 3.95. The third kappa shape index (κ3) is 2.33. The topological polar surface area (TPSA) is 53.4 Å². The molecule has 0 saturated carbocycles. The van der Waals surface area contributed by atoms with Crippen LogP contribution in [0.2, 0.25) is 5.02 Å². The van der Waals surface area contributed by atoms with Gasteiger partial charge in [-0.2, -0.15) is 0 Å². The summed E-state index contributed by atoms with van der Waals surface area (Å²) in [4.78, 5) is 17.7. The van der Waals surface area contributed by atoms with Crippen molar-refractivity contribution in [2.24, 2.45) is 5.92 Å². The number of hydrogen-bond acceptors (Lipinski definition) is 3. The van der Waals surface area contributed by atoms with Crippen LogP contribution in [0.15, 0.2) is 18.3 Å². The highest BCUT2D eigenvalue weighted by molar-refractivity contribution is 6.30. The molecule has 5 heteroatoms. The predicted octanol–water partition coefficient (Wildman–Crippen LogP) is 1.19. The predicted molar refractivity (Wildman–Crippen MR) is 60.3 cm³/mol. The molecule has 2 heterocycles. The molecule has 1 saturated heterocycles. The molecular formula is C11H13ClN2O2. The van der Waals surface area contributed by atoms with Gasteiger partial charge in [0.25, 0.3) is 5.91 Å². The van der Waals surface area contributed by atoms with Gasteiger partial charge in [-0.25, -0.2) is 4.98 Å². The fourth-order valence-corrected chi connectivity index (χ4v) is 1.94. The van der Waals surface area contributed by atoms with E-state index < -0.39 is 0 Å². The summed E-state index contributed by atoms with van der Waals surface area (Å²) >= 11 is 5.70. The first kappa shape index (κ1) is 11.4. The summed E-state index contributed by atoms with van der Waals surface area (Å²) in [7, 11) is 0. The van der Waals surface area contributed by atoms with Crippen molar-refractivity contribution < 1.29 is 9.90 Å². The van der Waals surface area contributed by atoms with Gasteiger partial charge in [0.1, 0.15) is 5.69 Å². The smallest absolute Gasteiger partial charge is 0.272 e. The molecule has 4 nitrogen and oxygen atoms in total. The number of carbonyl (C=O) groups is 1. The summed E-state index contributed by atoms with van der Waals surface area (Å²) in [6.45, 7) is 1.44. The molecule has 2 rings (SSSR count). The molecule has 1 amide bonds. The van der Waals surface area contributed by atoms with Crippen LogP contribution >= 0.6 is 11.6 Å². The number of aromatic nitrogens is 1. The summed E-state index contributed by atoms with van der Waals surface area (Å²) in [5.41, 5.74) is 0.406. The Balaban J connectivity index is 2.05. The third-order valence-corrected chi connectivity index (χ3v) is 3.00. The Hall–Kier alpha value is -1.13.